The Kier molecular flexibility index (Phi) is 6.66. The van der Waals surface area contributed by atoms with E-state index in [1.54, 1.807) is 0 Å². The first-order chi connectivity index (χ1) is 24.3. The van der Waals surface area contributed by atoms with Crippen molar-refractivity contribution in [1.82, 2.24) is 9.97 Å². The van der Waals surface area contributed by atoms with Crippen LogP contribution in [0.15, 0.2) is 151 Å². The lowest BCUT2D eigenvalue weighted by atomic mass is 9.84. The van der Waals surface area contributed by atoms with Gasteiger partial charge in [0.15, 0.2) is 0 Å². The highest BCUT2D eigenvalue weighted by molar-refractivity contribution is 7.20. The number of rotatable bonds is 4. The van der Waals surface area contributed by atoms with Gasteiger partial charge in [0.1, 0.15) is 0 Å². The van der Waals surface area contributed by atoms with Crippen molar-refractivity contribution in [3.8, 4) is 33.5 Å². The van der Waals surface area contributed by atoms with E-state index in [0.717, 1.165) is 52.3 Å². The molecule has 0 saturated carbocycles. The van der Waals surface area contributed by atoms with Gasteiger partial charge in [-0.1, -0.05) is 121 Å². The average molecular weight is 645 g/mol. The molecule has 1 atom stereocenters. The minimum Gasteiger partial charge on any atom is -0.252 e. The molecule has 0 radical (unpaired) electrons. The van der Waals surface area contributed by atoms with Crippen molar-refractivity contribution in [3.05, 3.63) is 162 Å². The second-order valence-corrected chi connectivity index (χ2v) is 14.2. The maximum atomic E-state index is 5.31. The zero-order valence-corrected chi connectivity index (χ0v) is 27.8. The molecule has 232 valence electrons. The Balaban J connectivity index is 1.14. The lowest BCUT2D eigenvalue weighted by Crippen LogP contribution is -2.08. The molecule has 2 aromatic heterocycles. The van der Waals surface area contributed by atoms with Gasteiger partial charge in [0.05, 0.1) is 22.9 Å². The lowest BCUT2D eigenvalue weighted by molar-refractivity contribution is 0.758. The molecule has 0 aliphatic heterocycles. The second-order valence-electron chi connectivity index (χ2n) is 13.2. The summed E-state index contributed by atoms with van der Waals surface area (Å²) in [6.07, 6.45) is 17.2. The molecular formula is C46H32N2S. The Morgan fingerprint density at radius 1 is 0.592 bits per heavy atom. The van der Waals surface area contributed by atoms with Crippen molar-refractivity contribution in [2.75, 3.05) is 0 Å². The fourth-order valence-electron chi connectivity index (χ4n) is 7.86. The number of fused-ring (bicyclic) bond motifs is 9. The average Bonchev–Trinajstić information content (AvgIpc) is 3.56. The zero-order chi connectivity index (χ0) is 32.3. The van der Waals surface area contributed by atoms with Crippen molar-refractivity contribution in [3.63, 3.8) is 0 Å². The first-order valence-corrected chi connectivity index (χ1v) is 18.0. The van der Waals surface area contributed by atoms with Crippen LogP contribution in [-0.4, -0.2) is 9.97 Å². The van der Waals surface area contributed by atoms with E-state index < -0.39 is 0 Å². The molecule has 2 heterocycles. The molecule has 6 aromatic carbocycles. The first kappa shape index (κ1) is 28.4. The molecule has 0 amide bonds. The molecule has 0 fully saturated rings. The van der Waals surface area contributed by atoms with Crippen LogP contribution in [0.2, 0.25) is 0 Å². The van der Waals surface area contributed by atoms with E-state index in [4.69, 9.17) is 9.97 Å². The third kappa shape index (κ3) is 4.76. The maximum Gasteiger partial charge on any atom is 0.0979 e. The molecular weight excluding hydrogens is 613 g/mol. The summed E-state index contributed by atoms with van der Waals surface area (Å²) in [4.78, 5) is 11.7. The van der Waals surface area contributed by atoms with Crippen LogP contribution in [0.4, 0.5) is 0 Å². The maximum absolute atomic E-state index is 5.31. The van der Waals surface area contributed by atoms with E-state index in [9.17, 15) is 0 Å². The number of benzene rings is 6. The van der Waals surface area contributed by atoms with E-state index in [-0.39, 0.29) is 0 Å². The Morgan fingerprint density at radius 3 is 2.12 bits per heavy atom. The topological polar surface area (TPSA) is 25.8 Å². The molecule has 10 rings (SSSR count). The summed E-state index contributed by atoms with van der Waals surface area (Å²) < 4.78 is 1.35. The van der Waals surface area contributed by atoms with Crippen molar-refractivity contribution in [2.24, 2.45) is 5.92 Å². The molecule has 2 aliphatic carbocycles. The van der Waals surface area contributed by atoms with Gasteiger partial charge in [0.2, 0.25) is 0 Å². The van der Waals surface area contributed by atoms with Crippen LogP contribution >= 0.6 is 11.3 Å². The van der Waals surface area contributed by atoms with Crippen LogP contribution in [0, 0.1) is 5.92 Å². The number of hydrogen-bond acceptors (Lipinski definition) is 3. The zero-order valence-electron chi connectivity index (χ0n) is 26.9. The van der Waals surface area contributed by atoms with Gasteiger partial charge in [-0.3, -0.25) is 4.98 Å². The number of nitrogens with zero attached hydrogens (tertiary/aromatic N) is 2. The Bertz CT molecular complexity index is 2660. The number of hydrogen-bond donors (Lipinski definition) is 0. The molecule has 0 bridgehead atoms. The highest BCUT2D eigenvalue weighted by Gasteiger charge is 2.24. The number of aromatic nitrogens is 2. The van der Waals surface area contributed by atoms with E-state index in [0.29, 0.717) is 5.92 Å². The third-order valence-corrected chi connectivity index (χ3v) is 11.5. The molecule has 2 nitrogen and oxygen atoms in total. The van der Waals surface area contributed by atoms with Gasteiger partial charge >= 0.3 is 0 Å². The highest BCUT2D eigenvalue weighted by atomic mass is 32.1. The van der Waals surface area contributed by atoms with Crippen molar-refractivity contribution >= 4 is 60.1 Å². The van der Waals surface area contributed by atoms with E-state index >= 15 is 0 Å². The van der Waals surface area contributed by atoms with E-state index in [1.165, 1.54) is 59.1 Å². The van der Waals surface area contributed by atoms with Crippen LogP contribution in [0.25, 0.3) is 82.3 Å². The quantitative estimate of drug-likeness (QED) is 0.178. The first-order valence-electron chi connectivity index (χ1n) is 17.2. The van der Waals surface area contributed by atoms with Gasteiger partial charge in [-0.05, 0) is 87.5 Å². The summed E-state index contributed by atoms with van der Waals surface area (Å²) in [7, 11) is 0. The van der Waals surface area contributed by atoms with Gasteiger partial charge in [0, 0.05) is 37.4 Å². The largest absolute Gasteiger partial charge is 0.252 e. The fourth-order valence-corrected chi connectivity index (χ4v) is 9.12. The lowest BCUT2D eigenvalue weighted by Gasteiger charge is -2.20. The minimum absolute atomic E-state index is 0.425. The normalized spacial score (nSPS) is 15.7. The van der Waals surface area contributed by atoms with Gasteiger partial charge in [-0.2, -0.15) is 0 Å². The summed E-state index contributed by atoms with van der Waals surface area (Å²) >= 11 is 1.93. The van der Waals surface area contributed by atoms with Crippen LogP contribution in [0.1, 0.15) is 23.3 Å². The van der Waals surface area contributed by atoms with E-state index in [1.807, 2.05) is 17.5 Å². The summed E-state index contributed by atoms with van der Waals surface area (Å²) in [6.45, 7) is 0. The molecule has 8 aromatic rings. The molecule has 49 heavy (non-hydrogen) atoms. The fraction of sp³-hybridized carbons (Fsp3) is 0.0870. The standard InChI is InChI=1S/C46H32N2S/c1-3-12-29(13-4-1)31-22-23-43-40(25-31)41-27-34(30-14-5-2-6-15-30)26-39(46(41)49-43)32-16-11-17-33(24-32)42-28-47-44-37-20-9-7-18-35(37)36-19-8-10-21-38(36)45(44)48-42/h2-3,5-24,26-28,31H,1,4,25H2. The van der Waals surface area contributed by atoms with Gasteiger partial charge < -0.3 is 0 Å². The minimum atomic E-state index is 0.425. The summed E-state index contributed by atoms with van der Waals surface area (Å²) in [5, 5.41) is 6.07. The number of thiophene rings is 1. The molecule has 0 saturated heterocycles. The van der Waals surface area contributed by atoms with Crippen molar-refractivity contribution < 1.29 is 0 Å². The smallest absolute Gasteiger partial charge is 0.0979 e. The number of allylic oxidation sites excluding steroid dienone is 5. The van der Waals surface area contributed by atoms with Crippen molar-refractivity contribution in [1.29, 1.82) is 0 Å². The predicted octanol–water partition coefficient (Wildman–Crippen LogP) is 12.6. The Morgan fingerprint density at radius 2 is 1.33 bits per heavy atom. The monoisotopic (exact) mass is 644 g/mol. The van der Waals surface area contributed by atoms with Gasteiger partial charge in [-0.25, -0.2) is 4.98 Å². The molecule has 2 aliphatic rings. The molecule has 0 spiro atoms. The molecule has 3 heteroatoms. The summed E-state index contributed by atoms with van der Waals surface area (Å²) in [5.41, 5.74) is 11.7. The van der Waals surface area contributed by atoms with E-state index in [2.05, 4.69) is 146 Å². The Labute approximate surface area is 289 Å². The van der Waals surface area contributed by atoms with Crippen LogP contribution in [-0.2, 0) is 6.42 Å². The van der Waals surface area contributed by atoms with Crippen molar-refractivity contribution in [2.45, 2.75) is 19.3 Å². The second kappa shape index (κ2) is 11.5. The van der Waals surface area contributed by atoms with Crippen LogP contribution in [0.3, 0.4) is 0 Å². The highest BCUT2D eigenvalue weighted by Crippen LogP contribution is 2.46. The predicted molar refractivity (Wildman–Crippen MR) is 209 cm³/mol. The Hall–Kier alpha value is -5.64. The molecule has 0 N–H and O–H groups in total. The van der Waals surface area contributed by atoms with Crippen LogP contribution < -0.4 is 0 Å². The summed E-state index contributed by atoms with van der Waals surface area (Å²) in [5.74, 6) is 0.425. The van der Waals surface area contributed by atoms with Gasteiger partial charge in [0.25, 0.3) is 0 Å². The third-order valence-electron chi connectivity index (χ3n) is 10.3. The molecule has 1 unspecified atom stereocenters. The summed E-state index contributed by atoms with van der Waals surface area (Å²) in [6, 6.07) is 41.6. The SMILES string of the molecule is C1=CC(C2C=Cc3sc4c(-c5cccc(-c6cnc7c8ccccc8c8ccccc8c7n6)c5)cc(-c5ccccc5)cc4c3C2)=CCC1. The van der Waals surface area contributed by atoms with Crippen LogP contribution in [0.5, 0.6) is 0 Å². The van der Waals surface area contributed by atoms with Gasteiger partial charge in [-0.15, -0.1) is 11.3 Å².